The minimum Gasteiger partial charge on any atom is -0.484 e. The van der Waals surface area contributed by atoms with Gasteiger partial charge in [-0.05, 0) is 41.7 Å². The molecule has 1 aromatic carbocycles. The van der Waals surface area contributed by atoms with E-state index in [9.17, 15) is 13.2 Å². The number of ether oxygens (including phenoxy) is 1. The number of benzene rings is 1. The number of hydrogen-bond donors (Lipinski definition) is 0. The van der Waals surface area contributed by atoms with Crippen molar-refractivity contribution in [2.45, 2.75) is 39.3 Å². The SMILES string of the molecule is [B]c1nnc(-c2cc(C)c3cc(OCC(F)(F)F)cc(C(C)(C)C)c3n2)o1. The van der Waals surface area contributed by atoms with Gasteiger partial charge in [0.25, 0.3) is 5.89 Å². The fourth-order valence-corrected chi connectivity index (χ4v) is 2.73. The lowest BCUT2D eigenvalue weighted by molar-refractivity contribution is -0.153. The summed E-state index contributed by atoms with van der Waals surface area (Å²) in [6.07, 6.45) is -4.41. The fraction of sp³-hybridized carbons (Fsp3) is 0.389. The van der Waals surface area contributed by atoms with Crippen LogP contribution >= 0.6 is 0 Å². The van der Waals surface area contributed by atoms with Gasteiger partial charge in [0.2, 0.25) is 0 Å². The van der Waals surface area contributed by atoms with Crippen molar-refractivity contribution in [2.24, 2.45) is 0 Å². The number of rotatable bonds is 3. The molecule has 3 rings (SSSR count). The molecule has 0 aliphatic rings. The van der Waals surface area contributed by atoms with E-state index in [1.54, 1.807) is 18.2 Å². The van der Waals surface area contributed by atoms with Crippen LogP contribution in [-0.2, 0) is 5.41 Å². The molecule has 5 nitrogen and oxygen atoms in total. The minimum absolute atomic E-state index is 0.0727. The molecule has 27 heavy (non-hydrogen) atoms. The monoisotopic (exact) mass is 375 g/mol. The highest BCUT2D eigenvalue weighted by Gasteiger charge is 2.29. The summed E-state index contributed by atoms with van der Waals surface area (Å²) in [5, 5.41) is 8.17. The molecule has 0 N–H and O–H groups in total. The van der Waals surface area contributed by atoms with Crippen LogP contribution in [0, 0.1) is 6.92 Å². The first-order valence-electron chi connectivity index (χ1n) is 8.19. The molecule has 140 valence electrons. The number of halogens is 3. The number of aromatic nitrogens is 3. The summed E-state index contributed by atoms with van der Waals surface area (Å²) >= 11 is 0. The van der Waals surface area contributed by atoms with Crippen molar-refractivity contribution in [3.05, 3.63) is 29.3 Å². The van der Waals surface area contributed by atoms with Crippen LogP contribution in [0.15, 0.2) is 22.6 Å². The second-order valence-electron chi connectivity index (χ2n) is 7.29. The maximum Gasteiger partial charge on any atom is 0.422 e. The Morgan fingerprint density at radius 1 is 1.11 bits per heavy atom. The zero-order chi connectivity index (χ0) is 20.0. The summed E-state index contributed by atoms with van der Waals surface area (Å²) in [6.45, 7) is 6.32. The van der Waals surface area contributed by atoms with E-state index >= 15 is 0 Å². The maximum atomic E-state index is 12.5. The topological polar surface area (TPSA) is 61.0 Å². The molecule has 0 unspecified atom stereocenters. The first kappa shape index (κ1) is 19.2. The molecule has 0 saturated carbocycles. The van der Waals surface area contributed by atoms with Crippen LogP contribution in [0.25, 0.3) is 22.5 Å². The predicted octanol–water partition coefficient (Wildman–Crippen LogP) is 3.63. The largest absolute Gasteiger partial charge is 0.484 e. The standard InChI is InChI=1S/C18H17BF3N3O2/c1-9-5-13(15-24-25-16(19)27-15)23-14-11(9)6-10(26-8-18(20,21)22)7-12(14)17(2,3)4/h5-7H,8H2,1-4H3. The molecule has 0 fully saturated rings. The van der Waals surface area contributed by atoms with E-state index < -0.39 is 12.8 Å². The Hall–Kier alpha value is -2.58. The summed E-state index contributed by atoms with van der Waals surface area (Å²) < 4.78 is 47.8. The van der Waals surface area contributed by atoms with Crippen LogP contribution in [0.5, 0.6) is 5.75 Å². The molecule has 0 spiro atoms. The Labute approximate surface area is 155 Å². The van der Waals surface area contributed by atoms with Crippen LogP contribution in [0.4, 0.5) is 13.2 Å². The summed E-state index contributed by atoms with van der Waals surface area (Å²) in [7, 11) is 5.48. The first-order chi connectivity index (χ1) is 12.4. The van der Waals surface area contributed by atoms with Gasteiger partial charge in [0.05, 0.1) is 5.52 Å². The first-order valence-corrected chi connectivity index (χ1v) is 8.19. The van der Waals surface area contributed by atoms with E-state index in [-0.39, 0.29) is 22.8 Å². The number of alkyl halides is 3. The summed E-state index contributed by atoms with van der Waals surface area (Å²) in [5.41, 5.74) is 2.22. The summed E-state index contributed by atoms with van der Waals surface area (Å²) in [5.74, 6) is 0.246. The molecule has 3 aromatic rings. The molecule has 9 heteroatoms. The molecule has 0 bridgehead atoms. The highest BCUT2D eigenvalue weighted by Crippen LogP contribution is 2.36. The van der Waals surface area contributed by atoms with Gasteiger partial charge in [0.15, 0.2) is 20.2 Å². The highest BCUT2D eigenvalue weighted by molar-refractivity contribution is 6.28. The number of pyridine rings is 1. The molecule has 0 aliphatic carbocycles. The Kier molecular flexibility index (Phi) is 4.65. The molecule has 2 heterocycles. The minimum atomic E-state index is -4.41. The van der Waals surface area contributed by atoms with Gasteiger partial charge in [-0.15, -0.1) is 10.2 Å². The highest BCUT2D eigenvalue weighted by atomic mass is 19.4. The molecular weight excluding hydrogens is 358 g/mol. The number of fused-ring (bicyclic) bond motifs is 1. The second kappa shape index (κ2) is 6.54. The Morgan fingerprint density at radius 2 is 1.81 bits per heavy atom. The Balaban J connectivity index is 2.19. The average molecular weight is 375 g/mol. The average Bonchev–Trinajstić information content (AvgIpc) is 2.97. The third-order valence-corrected chi connectivity index (χ3v) is 3.96. The zero-order valence-corrected chi connectivity index (χ0v) is 15.3. The van der Waals surface area contributed by atoms with Gasteiger partial charge in [-0.25, -0.2) is 4.98 Å². The maximum absolute atomic E-state index is 12.5. The molecule has 2 radical (unpaired) electrons. The summed E-state index contributed by atoms with van der Waals surface area (Å²) in [6, 6.07) is 4.87. The predicted molar refractivity (Wildman–Crippen MR) is 95.4 cm³/mol. The van der Waals surface area contributed by atoms with E-state index in [2.05, 4.69) is 15.2 Å². The molecule has 0 aliphatic heterocycles. The number of hydrogen-bond acceptors (Lipinski definition) is 5. The van der Waals surface area contributed by atoms with Gasteiger partial charge in [-0.1, -0.05) is 20.8 Å². The lowest BCUT2D eigenvalue weighted by atomic mass is 9.84. The second-order valence-corrected chi connectivity index (χ2v) is 7.29. The fourth-order valence-electron chi connectivity index (χ4n) is 2.73. The van der Waals surface area contributed by atoms with Crippen LogP contribution in [0.1, 0.15) is 31.9 Å². The van der Waals surface area contributed by atoms with Gasteiger partial charge < -0.3 is 9.15 Å². The van der Waals surface area contributed by atoms with Crippen molar-refractivity contribution in [1.82, 2.24) is 15.2 Å². The van der Waals surface area contributed by atoms with Gasteiger partial charge in [-0.2, -0.15) is 13.2 Å². The van der Waals surface area contributed by atoms with Gasteiger partial charge in [0.1, 0.15) is 11.4 Å². The van der Waals surface area contributed by atoms with E-state index in [0.29, 0.717) is 16.6 Å². The number of nitrogens with zero attached hydrogens (tertiary/aromatic N) is 3. The Morgan fingerprint density at radius 3 is 2.37 bits per heavy atom. The lowest BCUT2D eigenvalue weighted by Crippen LogP contribution is -2.20. The van der Waals surface area contributed by atoms with Crippen molar-refractivity contribution in [2.75, 3.05) is 6.61 Å². The molecule has 0 amide bonds. The van der Waals surface area contributed by atoms with Gasteiger partial charge >= 0.3 is 6.18 Å². The van der Waals surface area contributed by atoms with E-state index in [1.165, 1.54) is 0 Å². The van der Waals surface area contributed by atoms with Crippen LogP contribution < -0.4 is 10.5 Å². The van der Waals surface area contributed by atoms with E-state index in [4.69, 9.17) is 17.0 Å². The summed E-state index contributed by atoms with van der Waals surface area (Å²) in [4.78, 5) is 4.61. The normalized spacial score (nSPS) is 12.6. The Bertz CT molecular complexity index is 994. The van der Waals surface area contributed by atoms with E-state index in [0.717, 1.165) is 11.1 Å². The van der Waals surface area contributed by atoms with Crippen molar-refractivity contribution < 1.29 is 22.3 Å². The van der Waals surface area contributed by atoms with Crippen LogP contribution in [-0.4, -0.2) is 35.8 Å². The van der Waals surface area contributed by atoms with Crippen molar-refractivity contribution >= 4 is 24.5 Å². The van der Waals surface area contributed by atoms with Gasteiger partial charge in [-0.3, -0.25) is 0 Å². The number of aryl methyl sites for hydroxylation is 1. The smallest absolute Gasteiger partial charge is 0.422 e. The van der Waals surface area contributed by atoms with E-state index in [1.807, 2.05) is 27.7 Å². The molecule has 2 aromatic heterocycles. The molecule has 0 atom stereocenters. The van der Waals surface area contributed by atoms with Crippen LogP contribution in [0.2, 0.25) is 0 Å². The van der Waals surface area contributed by atoms with Crippen molar-refractivity contribution in [1.29, 1.82) is 0 Å². The quantitative estimate of drug-likeness (QED) is 0.655. The van der Waals surface area contributed by atoms with Crippen molar-refractivity contribution in [3.63, 3.8) is 0 Å². The zero-order valence-electron chi connectivity index (χ0n) is 15.3. The third kappa shape index (κ3) is 4.23. The van der Waals surface area contributed by atoms with Gasteiger partial charge in [0, 0.05) is 5.39 Å². The third-order valence-electron chi connectivity index (χ3n) is 3.96. The van der Waals surface area contributed by atoms with Crippen molar-refractivity contribution in [3.8, 4) is 17.3 Å². The molecular formula is C18H17BF3N3O2. The lowest BCUT2D eigenvalue weighted by Gasteiger charge is -2.23. The molecule has 0 saturated heterocycles. The van der Waals surface area contributed by atoms with Crippen LogP contribution in [0.3, 0.4) is 0 Å².